The van der Waals surface area contributed by atoms with E-state index in [1.807, 2.05) is 24.0 Å². The van der Waals surface area contributed by atoms with Gasteiger partial charge in [0.05, 0.1) is 11.7 Å². The minimum atomic E-state index is 0.205. The predicted molar refractivity (Wildman–Crippen MR) is 84.1 cm³/mol. The maximum Gasteiger partial charge on any atom is 0.0797 e. The molecule has 0 aliphatic rings. The van der Waals surface area contributed by atoms with Crippen LogP contribution in [0.4, 0.5) is 0 Å². The topological polar surface area (TPSA) is 29.9 Å². The molecule has 0 fully saturated rings. The molecule has 0 radical (unpaired) electrons. The first-order chi connectivity index (χ1) is 9.60. The summed E-state index contributed by atoms with van der Waals surface area (Å²) in [7, 11) is 1.94. The fourth-order valence-electron chi connectivity index (χ4n) is 2.26. The average molecular weight is 292 g/mol. The summed E-state index contributed by atoms with van der Waals surface area (Å²) in [6.45, 7) is 5.20. The van der Waals surface area contributed by atoms with E-state index in [2.05, 4.69) is 42.5 Å². The molecule has 0 bridgehead atoms. The Bertz CT molecular complexity index is 563. The lowest BCUT2D eigenvalue weighted by Gasteiger charge is -2.17. The lowest BCUT2D eigenvalue weighted by molar-refractivity contribution is 0.511. The molecular formula is C16H22ClN3. The van der Waals surface area contributed by atoms with Gasteiger partial charge in [0.1, 0.15) is 0 Å². The molecule has 1 N–H and O–H groups in total. The van der Waals surface area contributed by atoms with E-state index in [4.69, 9.17) is 11.6 Å². The SMILES string of the molecule is CCCNC(Cc1ccc(C)cc1Cl)c1ccn(C)n1. The molecule has 1 heterocycles. The highest BCUT2D eigenvalue weighted by molar-refractivity contribution is 6.31. The van der Waals surface area contributed by atoms with Gasteiger partial charge in [-0.1, -0.05) is 30.7 Å². The van der Waals surface area contributed by atoms with Crippen LogP contribution >= 0.6 is 11.6 Å². The van der Waals surface area contributed by atoms with E-state index < -0.39 is 0 Å². The van der Waals surface area contributed by atoms with Gasteiger partial charge in [0.15, 0.2) is 0 Å². The van der Waals surface area contributed by atoms with Crippen LogP contribution in [0.5, 0.6) is 0 Å². The quantitative estimate of drug-likeness (QED) is 0.880. The molecule has 2 rings (SSSR count). The second kappa shape index (κ2) is 6.91. The Labute approximate surface area is 126 Å². The molecule has 1 unspecified atom stereocenters. The summed E-state index contributed by atoms with van der Waals surface area (Å²) < 4.78 is 1.84. The second-order valence-corrected chi connectivity index (χ2v) is 5.63. The smallest absolute Gasteiger partial charge is 0.0797 e. The third kappa shape index (κ3) is 3.84. The van der Waals surface area contributed by atoms with Crippen LogP contribution < -0.4 is 5.32 Å². The highest BCUT2D eigenvalue weighted by Gasteiger charge is 2.15. The summed E-state index contributed by atoms with van der Waals surface area (Å²) in [5.74, 6) is 0. The lowest BCUT2D eigenvalue weighted by atomic mass is 10.0. The van der Waals surface area contributed by atoms with Crippen molar-refractivity contribution in [2.45, 2.75) is 32.7 Å². The van der Waals surface area contributed by atoms with Gasteiger partial charge in [0, 0.05) is 18.3 Å². The first-order valence-electron chi connectivity index (χ1n) is 7.08. The Morgan fingerprint density at radius 3 is 2.75 bits per heavy atom. The van der Waals surface area contributed by atoms with E-state index >= 15 is 0 Å². The minimum Gasteiger partial charge on any atom is -0.308 e. The van der Waals surface area contributed by atoms with Crippen molar-refractivity contribution >= 4 is 11.6 Å². The van der Waals surface area contributed by atoms with Crippen molar-refractivity contribution in [2.24, 2.45) is 7.05 Å². The van der Waals surface area contributed by atoms with E-state index in [9.17, 15) is 0 Å². The molecule has 20 heavy (non-hydrogen) atoms. The molecule has 0 aliphatic carbocycles. The zero-order valence-corrected chi connectivity index (χ0v) is 13.1. The number of halogens is 1. The van der Waals surface area contributed by atoms with Crippen LogP contribution in [0.25, 0.3) is 0 Å². The zero-order valence-electron chi connectivity index (χ0n) is 12.4. The standard InChI is InChI=1S/C16H22ClN3/c1-4-8-18-16(15-7-9-20(3)19-15)11-13-6-5-12(2)10-14(13)17/h5-7,9-10,16,18H,4,8,11H2,1-3H3. The van der Waals surface area contributed by atoms with Gasteiger partial charge < -0.3 is 5.32 Å². The maximum absolute atomic E-state index is 6.35. The van der Waals surface area contributed by atoms with Crippen molar-refractivity contribution in [3.63, 3.8) is 0 Å². The Hall–Kier alpha value is -1.32. The number of benzene rings is 1. The summed E-state index contributed by atoms with van der Waals surface area (Å²) in [6.07, 6.45) is 3.94. The van der Waals surface area contributed by atoms with Crippen molar-refractivity contribution < 1.29 is 0 Å². The van der Waals surface area contributed by atoms with Crippen LogP contribution in [-0.4, -0.2) is 16.3 Å². The van der Waals surface area contributed by atoms with Gasteiger partial charge in [-0.2, -0.15) is 5.10 Å². The van der Waals surface area contributed by atoms with Crippen molar-refractivity contribution in [2.75, 3.05) is 6.54 Å². The van der Waals surface area contributed by atoms with Gasteiger partial charge in [-0.3, -0.25) is 4.68 Å². The molecule has 1 aromatic heterocycles. The van der Waals surface area contributed by atoms with E-state index in [-0.39, 0.29) is 6.04 Å². The van der Waals surface area contributed by atoms with Gasteiger partial charge in [-0.25, -0.2) is 0 Å². The van der Waals surface area contributed by atoms with Gasteiger partial charge >= 0.3 is 0 Å². The fraction of sp³-hybridized carbons (Fsp3) is 0.438. The monoisotopic (exact) mass is 291 g/mol. The van der Waals surface area contributed by atoms with Crippen molar-refractivity contribution in [3.05, 3.63) is 52.3 Å². The van der Waals surface area contributed by atoms with Gasteiger partial charge in [0.25, 0.3) is 0 Å². The third-order valence-corrected chi connectivity index (χ3v) is 3.72. The number of hydrogen-bond acceptors (Lipinski definition) is 2. The average Bonchev–Trinajstić information content (AvgIpc) is 2.83. The summed E-state index contributed by atoms with van der Waals surface area (Å²) >= 11 is 6.35. The van der Waals surface area contributed by atoms with E-state index in [0.29, 0.717) is 0 Å². The normalized spacial score (nSPS) is 12.6. The Kier molecular flexibility index (Phi) is 5.21. The summed E-state index contributed by atoms with van der Waals surface area (Å²) in [5.41, 5.74) is 3.42. The summed E-state index contributed by atoms with van der Waals surface area (Å²) in [4.78, 5) is 0. The Morgan fingerprint density at radius 2 is 2.15 bits per heavy atom. The highest BCUT2D eigenvalue weighted by Crippen LogP contribution is 2.24. The molecule has 2 aromatic rings. The molecule has 0 amide bonds. The first kappa shape index (κ1) is 15.1. The van der Waals surface area contributed by atoms with Crippen molar-refractivity contribution in [3.8, 4) is 0 Å². The molecule has 1 atom stereocenters. The second-order valence-electron chi connectivity index (χ2n) is 5.22. The van der Waals surface area contributed by atoms with Gasteiger partial charge in [-0.15, -0.1) is 0 Å². The number of nitrogens with one attached hydrogen (secondary N) is 1. The maximum atomic E-state index is 6.35. The molecule has 1 aromatic carbocycles. The van der Waals surface area contributed by atoms with Crippen LogP contribution in [0.3, 0.4) is 0 Å². The van der Waals surface area contributed by atoms with Crippen LogP contribution in [0.2, 0.25) is 5.02 Å². The van der Waals surface area contributed by atoms with E-state index in [0.717, 1.165) is 35.7 Å². The van der Waals surface area contributed by atoms with Gasteiger partial charge in [-0.05, 0) is 49.6 Å². The van der Waals surface area contributed by atoms with Crippen molar-refractivity contribution in [1.82, 2.24) is 15.1 Å². The molecule has 0 saturated heterocycles. The Morgan fingerprint density at radius 1 is 1.35 bits per heavy atom. The number of aromatic nitrogens is 2. The number of aryl methyl sites for hydroxylation is 2. The molecule has 3 nitrogen and oxygen atoms in total. The van der Waals surface area contributed by atoms with Gasteiger partial charge in [0.2, 0.25) is 0 Å². The van der Waals surface area contributed by atoms with Crippen molar-refractivity contribution in [1.29, 1.82) is 0 Å². The minimum absolute atomic E-state index is 0.205. The molecule has 4 heteroatoms. The zero-order chi connectivity index (χ0) is 14.5. The molecule has 108 valence electrons. The largest absolute Gasteiger partial charge is 0.308 e. The summed E-state index contributed by atoms with van der Waals surface area (Å²) in [5, 5.41) is 8.91. The summed E-state index contributed by atoms with van der Waals surface area (Å²) in [6, 6.07) is 8.51. The van der Waals surface area contributed by atoms with Crippen LogP contribution in [0.15, 0.2) is 30.5 Å². The third-order valence-electron chi connectivity index (χ3n) is 3.36. The predicted octanol–water partition coefficient (Wildman–Crippen LogP) is 3.67. The van der Waals surface area contributed by atoms with Crippen LogP contribution in [0, 0.1) is 6.92 Å². The highest BCUT2D eigenvalue weighted by atomic mass is 35.5. The number of rotatable bonds is 6. The Balaban J connectivity index is 2.18. The number of nitrogens with zero attached hydrogens (tertiary/aromatic N) is 2. The van der Waals surface area contributed by atoms with Crippen LogP contribution in [0.1, 0.15) is 36.2 Å². The first-order valence-corrected chi connectivity index (χ1v) is 7.46. The molecular weight excluding hydrogens is 270 g/mol. The molecule has 0 aliphatic heterocycles. The van der Waals surface area contributed by atoms with E-state index in [1.165, 1.54) is 5.56 Å². The van der Waals surface area contributed by atoms with E-state index in [1.54, 1.807) is 0 Å². The lowest BCUT2D eigenvalue weighted by Crippen LogP contribution is -2.24. The number of hydrogen-bond donors (Lipinski definition) is 1. The molecule has 0 spiro atoms. The fourth-order valence-corrected chi connectivity index (χ4v) is 2.57. The van der Waals surface area contributed by atoms with Crippen LogP contribution in [-0.2, 0) is 13.5 Å². The molecule has 0 saturated carbocycles.